The van der Waals surface area contributed by atoms with Gasteiger partial charge in [0.15, 0.2) is 0 Å². The van der Waals surface area contributed by atoms with Crippen molar-refractivity contribution < 1.29 is 19.5 Å². The fourth-order valence-corrected chi connectivity index (χ4v) is 2.85. The molecule has 0 aliphatic heterocycles. The number of carbonyl (C=O) groups excluding carboxylic acids is 2. The van der Waals surface area contributed by atoms with Crippen LogP contribution in [0.1, 0.15) is 52.9 Å². The lowest BCUT2D eigenvalue weighted by Gasteiger charge is -2.30. The Hall–Kier alpha value is -1.59. The zero-order valence-corrected chi connectivity index (χ0v) is 13.0. The van der Waals surface area contributed by atoms with Crippen LogP contribution in [0, 0.1) is 11.8 Å². The minimum atomic E-state index is -0.999. The average Bonchev–Trinajstić information content (AvgIpc) is 2.42. The number of amides is 2. The molecule has 0 bridgehead atoms. The van der Waals surface area contributed by atoms with Crippen molar-refractivity contribution in [3.05, 3.63) is 0 Å². The molecule has 1 saturated carbocycles. The Kier molecular flexibility index (Phi) is 6.65. The van der Waals surface area contributed by atoms with Gasteiger partial charge in [-0.2, -0.15) is 0 Å². The van der Waals surface area contributed by atoms with Crippen molar-refractivity contribution in [2.75, 3.05) is 0 Å². The largest absolute Gasteiger partial charge is 0.480 e. The van der Waals surface area contributed by atoms with Gasteiger partial charge in [0.2, 0.25) is 11.8 Å². The van der Waals surface area contributed by atoms with E-state index in [9.17, 15) is 19.5 Å². The van der Waals surface area contributed by atoms with E-state index in [1.807, 2.05) is 13.8 Å². The van der Waals surface area contributed by atoms with Crippen molar-refractivity contribution in [3.63, 3.8) is 0 Å². The maximum absolute atomic E-state index is 12.3. The van der Waals surface area contributed by atoms with E-state index < -0.39 is 24.0 Å². The maximum atomic E-state index is 12.3. The summed E-state index contributed by atoms with van der Waals surface area (Å²) in [6.07, 6.45) is 4.78. The summed E-state index contributed by atoms with van der Waals surface area (Å²) in [5.41, 5.74) is 0. The first-order chi connectivity index (χ1) is 9.82. The molecule has 1 aliphatic rings. The standard InChI is InChI=1S/C15H26N2O4/c1-9(2)12(16-10(3)18)14(19)17-13(15(20)21)11-7-5-4-6-8-11/h9,11-13H,4-8H2,1-3H3,(H,16,18)(H,17,19)(H,20,21). The second-order valence-electron chi connectivity index (χ2n) is 6.14. The molecule has 0 aromatic heterocycles. The van der Waals surface area contributed by atoms with Gasteiger partial charge in [-0.1, -0.05) is 33.1 Å². The summed E-state index contributed by atoms with van der Waals surface area (Å²) in [6.45, 7) is 4.98. The molecule has 2 amide bonds. The van der Waals surface area contributed by atoms with Crippen molar-refractivity contribution in [1.82, 2.24) is 10.6 Å². The van der Waals surface area contributed by atoms with Gasteiger partial charge in [0.05, 0.1) is 0 Å². The Morgan fingerprint density at radius 1 is 1.05 bits per heavy atom. The Morgan fingerprint density at radius 2 is 1.62 bits per heavy atom. The van der Waals surface area contributed by atoms with Crippen molar-refractivity contribution in [1.29, 1.82) is 0 Å². The van der Waals surface area contributed by atoms with Crippen LogP contribution < -0.4 is 10.6 Å². The Bertz CT molecular complexity index is 389. The molecular formula is C15H26N2O4. The SMILES string of the molecule is CC(=O)NC(C(=O)NC(C(=O)O)C1CCCCC1)C(C)C. The third-order valence-electron chi connectivity index (χ3n) is 3.99. The molecule has 0 spiro atoms. The van der Waals surface area contributed by atoms with Gasteiger partial charge in [-0.3, -0.25) is 9.59 Å². The summed E-state index contributed by atoms with van der Waals surface area (Å²) in [5, 5.41) is 14.6. The van der Waals surface area contributed by atoms with Crippen molar-refractivity contribution in [2.45, 2.75) is 65.0 Å². The maximum Gasteiger partial charge on any atom is 0.326 e. The summed E-state index contributed by atoms with van der Waals surface area (Å²) in [4.78, 5) is 34.9. The molecule has 1 aliphatic carbocycles. The lowest BCUT2D eigenvalue weighted by atomic mass is 9.83. The highest BCUT2D eigenvalue weighted by Crippen LogP contribution is 2.26. The van der Waals surface area contributed by atoms with Crippen LogP contribution in [-0.4, -0.2) is 35.0 Å². The van der Waals surface area contributed by atoms with Crippen LogP contribution in [-0.2, 0) is 14.4 Å². The summed E-state index contributed by atoms with van der Waals surface area (Å²) >= 11 is 0. The van der Waals surface area contributed by atoms with Gasteiger partial charge in [0.25, 0.3) is 0 Å². The monoisotopic (exact) mass is 298 g/mol. The molecule has 1 fully saturated rings. The smallest absolute Gasteiger partial charge is 0.326 e. The third kappa shape index (κ3) is 5.36. The topological polar surface area (TPSA) is 95.5 Å². The summed E-state index contributed by atoms with van der Waals surface area (Å²) in [7, 11) is 0. The van der Waals surface area contributed by atoms with Crippen LogP contribution in [0.4, 0.5) is 0 Å². The average molecular weight is 298 g/mol. The molecule has 120 valence electrons. The van der Waals surface area contributed by atoms with Crippen LogP contribution in [0.15, 0.2) is 0 Å². The Balaban J connectivity index is 2.74. The molecule has 6 heteroatoms. The zero-order valence-electron chi connectivity index (χ0n) is 13.0. The minimum Gasteiger partial charge on any atom is -0.480 e. The molecule has 3 N–H and O–H groups in total. The van der Waals surface area contributed by atoms with Crippen LogP contribution >= 0.6 is 0 Å². The number of nitrogens with one attached hydrogen (secondary N) is 2. The number of hydrogen-bond acceptors (Lipinski definition) is 3. The van der Waals surface area contributed by atoms with Gasteiger partial charge in [-0.15, -0.1) is 0 Å². The first-order valence-corrected chi connectivity index (χ1v) is 7.63. The van der Waals surface area contributed by atoms with Gasteiger partial charge in [0, 0.05) is 6.92 Å². The van der Waals surface area contributed by atoms with Gasteiger partial charge in [0.1, 0.15) is 12.1 Å². The van der Waals surface area contributed by atoms with Gasteiger partial charge in [-0.05, 0) is 24.7 Å². The lowest BCUT2D eigenvalue weighted by molar-refractivity contribution is -0.144. The fraction of sp³-hybridized carbons (Fsp3) is 0.800. The Morgan fingerprint density at radius 3 is 2.05 bits per heavy atom. The van der Waals surface area contributed by atoms with Crippen LogP contribution in [0.25, 0.3) is 0 Å². The molecular weight excluding hydrogens is 272 g/mol. The number of hydrogen-bond donors (Lipinski definition) is 3. The molecule has 0 heterocycles. The van der Waals surface area contributed by atoms with E-state index in [4.69, 9.17) is 0 Å². The second kappa shape index (κ2) is 8.00. The van der Waals surface area contributed by atoms with E-state index in [-0.39, 0.29) is 17.7 Å². The van der Waals surface area contributed by atoms with E-state index in [1.165, 1.54) is 6.92 Å². The van der Waals surface area contributed by atoms with Gasteiger partial charge >= 0.3 is 5.97 Å². The molecule has 2 atom stereocenters. The highest BCUT2D eigenvalue weighted by molar-refractivity contribution is 5.90. The number of carboxylic acid groups (broad SMARTS) is 1. The fourth-order valence-electron chi connectivity index (χ4n) is 2.85. The molecule has 6 nitrogen and oxygen atoms in total. The first kappa shape index (κ1) is 17.5. The Labute approximate surface area is 125 Å². The lowest BCUT2D eigenvalue weighted by Crippen LogP contribution is -2.55. The second-order valence-corrected chi connectivity index (χ2v) is 6.14. The molecule has 0 saturated heterocycles. The van der Waals surface area contributed by atoms with E-state index in [0.29, 0.717) is 0 Å². The predicted molar refractivity (Wildman–Crippen MR) is 78.6 cm³/mol. The number of carbonyl (C=O) groups is 3. The molecule has 0 aromatic carbocycles. The van der Waals surface area contributed by atoms with E-state index in [1.54, 1.807) is 0 Å². The van der Waals surface area contributed by atoms with E-state index >= 15 is 0 Å². The van der Waals surface area contributed by atoms with Crippen LogP contribution in [0.2, 0.25) is 0 Å². The van der Waals surface area contributed by atoms with Crippen molar-refractivity contribution in [3.8, 4) is 0 Å². The first-order valence-electron chi connectivity index (χ1n) is 7.63. The number of aliphatic carboxylic acids is 1. The number of carboxylic acids is 1. The van der Waals surface area contributed by atoms with Gasteiger partial charge < -0.3 is 15.7 Å². The predicted octanol–water partition coefficient (Wildman–Crippen LogP) is 1.30. The molecule has 1 rings (SSSR count). The van der Waals surface area contributed by atoms with Gasteiger partial charge in [-0.25, -0.2) is 4.79 Å². The summed E-state index contributed by atoms with van der Waals surface area (Å²) < 4.78 is 0. The summed E-state index contributed by atoms with van der Waals surface area (Å²) in [5.74, 6) is -1.84. The van der Waals surface area contributed by atoms with Crippen LogP contribution in [0.5, 0.6) is 0 Å². The van der Waals surface area contributed by atoms with Crippen molar-refractivity contribution in [2.24, 2.45) is 11.8 Å². The minimum absolute atomic E-state index is 0.0228. The van der Waals surface area contributed by atoms with Crippen LogP contribution in [0.3, 0.4) is 0 Å². The van der Waals surface area contributed by atoms with E-state index in [2.05, 4.69) is 10.6 Å². The molecule has 2 unspecified atom stereocenters. The third-order valence-corrected chi connectivity index (χ3v) is 3.99. The summed E-state index contributed by atoms with van der Waals surface area (Å²) in [6, 6.07) is -1.57. The quantitative estimate of drug-likeness (QED) is 0.688. The normalized spacial score (nSPS) is 18.9. The molecule has 0 radical (unpaired) electrons. The van der Waals surface area contributed by atoms with Crippen molar-refractivity contribution >= 4 is 17.8 Å². The molecule has 21 heavy (non-hydrogen) atoms. The molecule has 0 aromatic rings. The highest BCUT2D eigenvalue weighted by Gasteiger charge is 2.33. The van der Waals surface area contributed by atoms with E-state index in [0.717, 1.165) is 32.1 Å². The zero-order chi connectivity index (χ0) is 16.0. The highest BCUT2D eigenvalue weighted by atomic mass is 16.4. The number of rotatable bonds is 6.